The van der Waals surface area contributed by atoms with Gasteiger partial charge < -0.3 is 0 Å². The fourth-order valence-electron chi connectivity index (χ4n) is 2.32. The molecule has 0 fully saturated rings. The number of halogens is 1. The van der Waals surface area contributed by atoms with Gasteiger partial charge in [-0.15, -0.1) is 12.6 Å². The van der Waals surface area contributed by atoms with Crippen molar-refractivity contribution in [3.8, 4) is 0 Å². The quantitative estimate of drug-likeness (QED) is 0.615. The van der Waals surface area contributed by atoms with Crippen LogP contribution in [0.5, 0.6) is 0 Å². The van der Waals surface area contributed by atoms with E-state index in [1.165, 1.54) is 0 Å². The Kier molecular flexibility index (Phi) is 4.66. The molecule has 0 spiro atoms. The molecule has 108 valence electrons. The van der Waals surface area contributed by atoms with Gasteiger partial charge in [0.25, 0.3) is 0 Å². The highest BCUT2D eigenvalue weighted by Crippen LogP contribution is 2.26. The van der Waals surface area contributed by atoms with Crippen molar-refractivity contribution in [2.45, 2.75) is 28.5 Å². The molecule has 0 aliphatic carbocycles. The van der Waals surface area contributed by atoms with Crippen LogP contribution in [0, 0.1) is 13.8 Å². The predicted octanol–water partition coefficient (Wildman–Crippen LogP) is 0.704. The number of rotatable bonds is 2. The first-order valence-electron chi connectivity index (χ1n) is 6.48. The van der Waals surface area contributed by atoms with Gasteiger partial charge in [0.2, 0.25) is 9.84 Å². The molecule has 21 heavy (non-hydrogen) atoms. The minimum atomic E-state index is -3.58. The summed E-state index contributed by atoms with van der Waals surface area (Å²) in [7, 11) is 0.172. The first kappa shape index (κ1) is 16.7. The van der Waals surface area contributed by atoms with E-state index in [0.29, 0.717) is 9.79 Å². The summed E-state index contributed by atoms with van der Waals surface area (Å²) in [6, 6.07) is 6.68. The van der Waals surface area contributed by atoms with Crippen molar-refractivity contribution >= 4 is 65.0 Å². The van der Waals surface area contributed by atoms with Crippen LogP contribution in [-0.2, 0) is 9.84 Å². The largest absolute Gasteiger partial charge is 0.218 e. The zero-order valence-corrected chi connectivity index (χ0v) is 15.7. The van der Waals surface area contributed by atoms with Crippen LogP contribution in [0.15, 0.2) is 43.4 Å². The van der Waals surface area contributed by atoms with Gasteiger partial charge in [-0.25, -0.2) is 8.42 Å². The van der Waals surface area contributed by atoms with Gasteiger partial charge in [-0.3, -0.25) is 0 Å². The molecule has 7 heteroatoms. The second kappa shape index (κ2) is 5.86. The van der Waals surface area contributed by atoms with Crippen LogP contribution >= 0.6 is 28.6 Å². The van der Waals surface area contributed by atoms with Crippen molar-refractivity contribution in [2.75, 3.05) is 0 Å². The number of benzene rings is 2. The van der Waals surface area contributed by atoms with Crippen LogP contribution in [-0.4, -0.2) is 24.1 Å². The molecule has 2 nitrogen and oxygen atoms in total. The Balaban J connectivity index is 2.80. The monoisotopic (exact) mass is 380 g/mol. The van der Waals surface area contributed by atoms with Crippen molar-refractivity contribution in [3.63, 3.8) is 0 Å². The smallest absolute Gasteiger partial charge is 0.207 e. The van der Waals surface area contributed by atoms with E-state index in [4.69, 9.17) is 0 Å². The minimum absolute atomic E-state index is 0.284. The molecule has 0 N–H and O–H groups in total. The van der Waals surface area contributed by atoms with Gasteiger partial charge >= 0.3 is 0 Å². The maximum absolute atomic E-state index is 12.9. The highest BCUT2D eigenvalue weighted by Gasteiger charge is 2.25. The maximum atomic E-state index is 12.9. The zero-order valence-electron chi connectivity index (χ0n) is 12.4. The van der Waals surface area contributed by atoms with E-state index in [0.717, 1.165) is 26.5 Å². The van der Waals surface area contributed by atoms with Crippen LogP contribution in [0.4, 0.5) is 0 Å². The maximum Gasteiger partial charge on any atom is 0.207 e. The number of sulfone groups is 1. The molecular weight excluding hydrogens is 366 g/mol. The Morgan fingerprint density at radius 2 is 1.48 bits per heavy atom. The lowest BCUT2D eigenvalue weighted by Crippen LogP contribution is -2.28. The molecule has 2 aromatic rings. The summed E-state index contributed by atoms with van der Waals surface area (Å²) in [5, 5.41) is 0. The van der Waals surface area contributed by atoms with Crippen molar-refractivity contribution in [1.82, 2.24) is 0 Å². The van der Waals surface area contributed by atoms with Crippen molar-refractivity contribution in [2.24, 2.45) is 0 Å². The molecule has 0 atom stereocenters. The van der Waals surface area contributed by atoms with E-state index < -0.39 is 9.84 Å². The van der Waals surface area contributed by atoms with Gasteiger partial charge in [0.15, 0.2) is 0 Å². The zero-order chi connectivity index (χ0) is 15.9. The summed E-state index contributed by atoms with van der Waals surface area (Å²) in [6.07, 6.45) is 0. The molecule has 0 bridgehead atoms. The lowest BCUT2D eigenvalue weighted by Gasteiger charge is -2.18. The van der Waals surface area contributed by atoms with Crippen LogP contribution < -0.4 is 10.9 Å². The number of thiol groups is 1. The third-order valence-electron chi connectivity index (χ3n) is 3.99. The van der Waals surface area contributed by atoms with Crippen LogP contribution in [0.3, 0.4) is 0 Å². The van der Waals surface area contributed by atoms with Crippen LogP contribution in [0.2, 0.25) is 0 Å². The molecule has 2 aromatic carbocycles. The summed E-state index contributed by atoms with van der Waals surface area (Å²) in [5.41, 5.74) is 3.77. The van der Waals surface area contributed by atoms with Gasteiger partial charge in [-0.1, -0.05) is 38.0 Å². The van der Waals surface area contributed by atoms with Gasteiger partial charge in [0, 0.05) is 9.37 Å². The molecule has 0 saturated heterocycles. The second-order valence-corrected chi connectivity index (χ2v) is 8.38. The van der Waals surface area contributed by atoms with E-state index in [-0.39, 0.29) is 4.90 Å². The van der Waals surface area contributed by atoms with Crippen molar-refractivity contribution in [3.05, 3.63) is 39.9 Å². The lowest BCUT2D eigenvalue weighted by atomic mass is 9.81. The summed E-state index contributed by atoms with van der Waals surface area (Å²) in [4.78, 5) is 1.14. The predicted molar refractivity (Wildman–Crippen MR) is 99.1 cm³/mol. The summed E-state index contributed by atoms with van der Waals surface area (Å²) < 4.78 is 26.7. The van der Waals surface area contributed by atoms with Gasteiger partial charge in [0.1, 0.15) is 15.7 Å². The Morgan fingerprint density at radius 3 is 2.00 bits per heavy atom. The van der Waals surface area contributed by atoms with Gasteiger partial charge in [0.05, 0.1) is 9.79 Å². The first-order valence-corrected chi connectivity index (χ1v) is 9.20. The van der Waals surface area contributed by atoms with E-state index in [1.807, 2.05) is 29.5 Å². The van der Waals surface area contributed by atoms with Gasteiger partial charge in [-0.2, -0.15) is 0 Å². The van der Waals surface area contributed by atoms with E-state index in [2.05, 4.69) is 28.6 Å². The molecule has 0 aliphatic rings. The molecule has 0 amide bonds. The fraction of sp³-hybridized carbons (Fsp3) is 0.143. The van der Waals surface area contributed by atoms with Gasteiger partial charge in [-0.05, 0) is 38.1 Å². The molecule has 0 aliphatic heterocycles. The average molecular weight is 381 g/mol. The topological polar surface area (TPSA) is 34.1 Å². The third kappa shape index (κ3) is 2.83. The molecule has 2 rings (SSSR count). The highest BCUT2D eigenvalue weighted by molar-refractivity contribution is 9.10. The number of hydrogen-bond donors (Lipinski definition) is 1. The molecule has 0 unspecified atom stereocenters. The normalized spacial score (nSPS) is 11.6. The Morgan fingerprint density at radius 1 is 1.00 bits per heavy atom. The molecule has 0 aromatic heterocycles. The van der Waals surface area contributed by atoms with Crippen LogP contribution in [0.25, 0.3) is 0 Å². The van der Waals surface area contributed by atoms with Crippen molar-refractivity contribution in [1.29, 1.82) is 0 Å². The molecule has 0 saturated carbocycles. The highest BCUT2D eigenvalue weighted by atomic mass is 79.9. The SMILES string of the molecule is Bc1c(C)c(C)c(B)c(S(=O)(=O)c2ccc(Br)cc2)c1S. The Labute approximate surface area is 141 Å². The minimum Gasteiger partial charge on any atom is -0.218 e. The summed E-state index contributed by atoms with van der Waals surface area (Å²) >= 11 is 7.79. The number of hydrogen-bond acceptors (Lipinski definition) is 3. The van der Waals surface area contributed by atoms with Crippen molar-refractivity contribution < 1.29 is 8.42 Å². The first-order chi connectivity index (χ1) is 9.67. The fourth-order valence-corrected chi connectivity index (χ4v) is 4.97. The average Bonchev–Trinajstić information content (AvgIpc) is 2.43. The third-order valence-corrected chi connectivity index (χ3v) is 7.17. The molecule has 0 heterocycles. The molecular formula is C14H15B2BrO2S2. The Bertz CT molecular complexity index is 787. The summed E-state index contributed by atoms with van der Waals surface area (Å²) in [5.74, 6) is 0. The van der Waals surface area contributed by atoms with Crippen LogP contribution in [0.1, 0.15) is 11.1 Å². The van der Waals surface area contributed by atoms with E-state index in [1.54, 1.807) is 24.3 Å². The lowest BCUT2D eigenvalue weighted by molar-refractivity contribution is 0.595. The van der Waals surface area contributed by atoms with E-state index >= 15 is 0 Å². The standard InChI is InChI=1S/C14H15B2BrO2S2/c1-7-8(2)12(16)14(13(20)11(7)15)21(18,19)10-5-3-9(17)4-6-10/h3-6,20H,15-16H2,1-2H3. The molecule has 0 radical (unpaired) electrons. The Hall–Kier alpha value is -0.650. The summed E-state index contributed by atoms with van der Waals surface area (Å²) in [6.45, 7) is 3.94. The van der Waals surface area contributed by atoms with E-state index in [9.17, 15) is 8.42 Å². The second-order valence-electron chi connectivity index (χ2n) is 5.14.